The number of methoxy groups -OCH3 is 2. The number of imidazole rings is 1. The Balaban J connectivity index is 2.12. The van der Waals surface area contributed by atoms with Gasteiger partial charge < -0.3 is 14.0 Å². The Bertz CT molecular complexity index is 452. The van der Waals surface area contributed by atoms with Crippen molar-refractivity contribution in [1.29, 1.82) is 0 Å². The van der Waals surface area contributed by atoms with Gasteiger partial charge in [-0.2, -0.15) is 0 Å². The summed E-state index contributed by atoms with van der Waals surface area (Å²) in [7, 11) is 3.34. The summed E-state index contributed by atoms with van der Waals surface area (Å²) in [5.41, 5.74) is 1.27. The first-order valence-electron chi connectivity index (χ1n) is 6.43. The molecule has 2 aromatic rings. The summed E-state index contributed by atoms with van der Waals surface area (Å²) < 4.78 is 12.6. The first-order valence-corrected chi connectivity index (χ1v) is 6.43. The van der Waals surface area contributed by atoms with Gasteiger partial charge in [0, 0.05) is 33.0 Å². The number of nitrogens with zero attached hydrogens (tertiary/aromatic N) is 2. The van der Waals surface area contributed by atoms with Crippen molar-refractivity contribution in [3.05, 3.63) is 54.6 Å². The highest BCUT2D eigenvalue weighted by atomic mass is 16.7. The third-order valence-electron chi connectivity index (χ3n) is 3.27. The quantitative estimate of drug-likeness (QED) is 0.718. The highest BCUT2D eigenvalue weighted by Crippen LogP contribution is 2.24. The lowest BCUT2D eigenvalue weighted by molar-refractivity contribution is -0.108. The Morgan fingerprint density at radius 1 is 1.11 bits per heavy atom. The van der Waals surface area contributed by atoms with E-state index < -0.39 is 0 Å². The number of rotatable bonds is 7. The minimum Gasteiger partial charge on any atom is -0.356 e. The number of aromatic nitrogens is 2. The first-order chi connectivity index (χ1) is 9.35. The minimum atomic E-state index is -0.158. The van der Waals surface area contributed by atoms with Crippen molar-refractivity contribution >= 4 is 0 Å². The lowest BCUT2D eigenvalue weighted by atomic mass is 10.0. The second kappa shape index (κ2) is 7.07. The maximum Gasteiger partial charge on any atom is 0.156 e. The van der Waals surface area contributed by atoms with Gasteiger partial charge in [-0.25, -0.2) is 4.98 Å². The molecule has 0 fully saturated rings. The fraction of sp³-hybridized carbons (Fsp3) is 0.400. The molecule has 0 N–H and O–H groups in total. The van der Waals surface area contributed by atoms with Crippen LogP contribution in [0.3, 0.4) is 0 Å². The van der Waals surface area contributed by atoms with Crippen molar-refractivity contribution in [2.75, 3.05) is 14.2 Å². The van der Waals surface area contributed by atoms with E-state index >= 15 is 0 Å². The summed E-state index contributed by atoms with van der Waals surface area (Å²) in [6, 6.07) is 10.7. The van der Waals surface area contributed by atoms with Crippen molar-refractivity contribution in [3.63, 3.8) is 0 Å². The van der Waals surface area contributed by atoms with E-state index in [0.717, 1.165) is 12.8 Å². The van der Waals surface area contributed by atoms with Crippen LogP contribution in [-0.4, -0.2) is 30.1 Å². The van der Waals surface area contributed by atoms with Crippen LogP contribution in [0.1, 0.15) is 24.4 Å². The smallest absolute Gasteiger partial charge is 0.156 e. The summed E-state index contributed by atoms with van der Waals surface area (Å²) in [5, 5.41) is 0. The van der Waals surface area contributed by atoms with Gasteiger partial charge in [-0.05, 0) is 12.0 Å². The Morgan fingerprint density at radius 3 is 2.42 bits per heavy atom. The molecule has 1 atom stereocenters. The zero-order valence-corrected chi connectivity index (χ0v) is 11.4. The van der Waals surface area contributed by atoms with Crippen LogP contribution < -0.4 is 0 Å². The summed E-state index contributed by atoms with van der Waals surface area (Å²) in [6.07, 6.45) is 7.27. The van der Waals surface area contributed by atoms with Crippen molar-refractivity contribution in [1.82, 2.24) is 9.55 Å². The summed E-state index contributed by atoms with van der Waals surface area (Å²) in [5.74, 6) is 0. The molecule has 0 bridgehead atoms. The molecule has 2 rings (SSSR count). The molecular weight excluding hydrogens is 240 g/mol. The molecule has 1 aromatic heterocycles. The zero-order valence-electron chi connectivity index (χ0n) is 11.4. The van der Waals surface area contributed by atoms with Crippen molar-refractivity contribution in [3.8, 4) is 0 Å². The van der Waals surface area contributed by atoms with E-state index in [1.807, 2.05) is 18.6 Å². The van der Waals surface area contributed by atoms with E-state index in [9.17, 15) is 0 Å². The Labute approximate surface area is 114 Å². The van der Waals surface area contributed by atoms with E-state index in [1.54, 1.807) is 20.4 Å². The third-order valence-corrected chi connectivity index (χ3v) is 3.27. The Morgan fingerprint density at radius 2 is 1.84 bits per heavy atom. The fourth-order valence-corrected chi connectivity index (χ4v) is 2.24. The second-order valence-electron chi connectivity index (χ2n) is 4.41. The molecule has 4 heteroatoms. The predicted octanol–water partition coefficient (Wildman–Crippen LogP) is 2.87. The lowest BCUT2D eigenvalue weighted by Crippen LogP contribution is -2.17. The van der Waals surface area contributed by atoms with Gasteiger partial charge in [0.25, 0.3) is 0 Å². The normalized spacial score (nSPS) is 12.8. The van der Waals surface area contributed by atoms with E-state index in [0.29, 0.717) is 0 Å². The molecule has 0 aliphatic heterocycles. The van der Waals surface area contributed by atoms with Crippen LogP contribution in [0, 0.1) is 0 Å². The highest BCUT2D eigenvalue weighted by Gasteiger charge is 2.15. The molecule has 19 heavy (non-hydrogen) atoms. The second-order valence-corrected chi connectivity index (χ2v) is 4.41. The number of hydrogen-bond acceptors (Lipinski definition) is 3. The van der Waals surface area contributed by atoms with Crippen molar-refractivity contribution in [2.24, 2.45) is 0 Å². The van der Waals surface area contributed by atoms with Crippen LogP contribution in [0.25, 0.3) is 0 Å². The molecule has 1 unspecified atom stereocenters. The van der Waals surface area contributed by atoms with Crippen LogP contribution in [0.15, 0.2) is 49.1 Å². The summed E-state index contributed by atoms with van der Waals surface area (Å²) >= 11 is 0. The lowest BCUT2D eigenvalue weighted by Gasteiger charge is -2.21. The zero-order chi connectivity index (χ0) is 13.5. The van der Waals surface area contributed by atoms with Crippen molar-refractivity contribution < 1.29 is 9.47 Å². The van der Waals surface area contributed by atoms with Gasteiger partial charge in [0.05, 0.1) is 12.4 Å². The van der Waals surface area contributed by atoms with Crippen LogP contribution >= 0.6 is 0 Å². The van der Waals surface area contributed by atoms with E-state index in [1.165, 1.54) is 5.56 Å². The van der Waals surface area contributed by atoms with Gasteiger partial charge >= 0.3 is 0 Å². The van der Waals surface area contributed by atoms with Crippen LogP contribution in [0.2, 0.25) is 0 Å². The van der Waals surface area contributed by atoms with Gasteiger partial charge in [-0.15, -0.1) is 0 Å². The molecule has 0 aliphatic rings. The average molecular weight is 260 g/mol. The summed E-state index contributed by atoms with van der Waals surface area (Å²) in [6.45, 7) is 0. The van der Waals surface area contributed by atoms with E-state index in [-0.39, 0.29) is 12.3 Å². The Hall–Kier alpha value is -1.65. The summed E-state index contributed by atoms with van der Waals surface area (Å²) in [4.78, 5) is 4.14. The molecule has 0 saturated carbocycles. The minimum absolute atomic E-state index is 0.158. The highest BCUT2D eigenvalue weighted by molar-refractivity contribution is 5.19. The van der Waals surface area contributed by atoms with Gasteiger partial charge in [0.2, 0.25) is 0 Å². The molecular formula is C15H20N2O2. The molecule has 0 saturated heterocycles. The van der Waals surface area contributed by atoms with Gasteiger partial charge in [0.1, 0.15) is 0 Å². The number of benzene rings is 1. The number of ether oxygens (including phenoxy) is 2. The Kier molecular flexibility index (Phi) is 5.12. The maximum absolute atomic E-state index is 5.26. The fourth-order valence-electron chi connectivity index (χ4n) is 2.24. The molecule has 0 spiro atoms. The largest absolute Gasteiger partial charge is 0.356 e. The molecule has 0 amide bonds. The standard InChI is InChI=1S/C15H20N2O2/c1-18-15(19-2)9-8-14(17-11-10-16-12-17)13-6-4-3-5-7-13/h3-7,10-12,14-15H,8-9H2,1-2H3. The van der Waals surface area contributed by atoms with E-state index in [2.05, 4.69) is 33.8 Å². The molecule has 1 heterocycles. The predicted molar refractivity (Wildman–Crippen MR) is 73.8 cm³/mol. The number of hydrogen-bond donors (Lipinski definition) is 0. The maximum atomic E-state index is 5.26. The monoisotopic (exact) mass is 260 g/mol. The SMILES string of the molecule is COC(CCC(c1ccccc1)n1ccnc1)OC. The van der Waals surface area contributed by atoms with Gasteiger partial charge in [-0.3, -0.25) is 0 Å². The first kappa shape index (κ1) is 13.8. The molecule has 1 aromatic carbocycles. The third kappa shape index (κ3) is 3.66. The van der Waals surface area contributed by atoms with E-state index in [4.69, 9.17) is 9.47 Å². The topological polar surface area (TPSA) is 36.3 Å². The molecule has 4 nitrogen and oxygen atoms in total. The van der Waals surface area contributed by atoms with Crippen molar-refractivity contribution in [2.45, 2.75) is 25.2 Å². The van der Waals surface area contributed by atoms with Gasteiger partial charge in [-0.1, -0.05) is 30.3 Å². The molecule has 0 radical (unpaired) electrons. The van der Waals surface area contributed by atoms with Gasteiger partial charge in [0.15, 0.2) is 6.29 Å². The van der Waals surface area contributed by atoms with Crippen LogP contribution in [0.5, 0.6) is 0 Å². The van der Waals surface area contributed by atoms with Crippen LogP contribution in [0.4, 0.5) is 0 Å². The molecule has 0 aliphatic carbocycles. The molecule has 102 valence electrons. The van der Waals surface area contributed by atoms with Crippen LogP contribution in [-0.2, 0) is 9.47 Å². The average Bonchev–Trinajstić information content (AvgIpc) is 2.99.